The largest absolute Gasteiger partial charge is 0.493 e. The molecule has 0 saturated heterocycles. The van der Waals surface area contributed by atoms with Crippen LogP contribution in [0.25, 0.3) is 6.08 Å². The van der Waals surface area contributed by atoms with E-state index in [0.29, 0.717) is 53.3 Å². The highest BCUT2D eigenvalue weighted by atomic mass is 32.1. The molecule has 0 atom stereocenters. The minimum Gasteiger partial charge on any atom is -0.493 e. The third-order valence-corrected chi connectivity index (χ3v) is 5.08. The quantitative estimate of drug-likeness (QED) is 0.252. The molecule has 0 radical (unpaired) electrons. The predicted molar refractivity (Wildman–Crippen MR) is 126 cm³/mol. The van der Waals surface area contributed by atoms with Crippen LogP contribution in [-0.4, -0.2) is 38.3 Å². The van der Waals surface area contributed by atoms with Gasteiger partial charge in [-0.25, -0.2) is 4.98 Å². The number of anilines is 1. The Morgan fingerprint density at radius 3 is 2.39 bits per heavy atom. The zero-order valence-corrected chi connectivity index (χ0v) is 19.1. The summed E-state index contributed by atoms with van der Waals surface area (Å²) in [6.07, 6.45) is 3.71. The number of para-hydroxylation sites is 2. The van der Waals surface area contributed by atoms with Crippen LogP contribution in [0.2, 0.25) is 0 Å². The van der Waals surface area contributed by atoms with Gasteiger partial charge in [0.05, 0.1) is 27.4 Å². The molecule has 1 heterocycles. The fraction of sp³-hybridized carbons (Fsp3) is 0.208. The maximum Gasteiger partial charge on any atom is 0.268 e. The topological polar surface area (TPSA) is 103 Å². The standard InChI is InChI=1S/C24H23N3O5S/c1-29-19-6-3-4-7-20(19)31-11-5-12-32-21-9-8-17(15-22(21)30-2)14-18(16-25)23(28)27-24-26-10-13-33-24/h3-4,6-10,13-15H,5,11-12H2,1-2H3,(H,26,27,28). The third-order valence-electron chi connectivity index (χ3n) is 4.39. The molecule has 0 bridgehead atoms. The van der Waals surface area contributed by atoms with E-state index in [1.54, 1.807) is 36.9 Å². The second-order valence-corrected chi connectivity index (χ2v) is 7.47. The van der Waals surface area contributed by atoms with Gasteiger partial charge < -0.3 is 18.9 Å². The molecular formula is C24H23N3O5S. The monoisotopic (exact) mass is 465 g/mol. The van der Waals surface area contributed by atoms with Gasteiger partial charge in [0.15, 0.2) is 28.1 Å². The van der Waals surface area contributed by atoms with Gasteiger partial charge in [0.2, 0.25) is 0 Å². The number of nitrogens with one attached hydrogen (secondary N) is 1. The Bertz CT molecular complexity index is 1140. The minimum atomic E-state index is -0.526. The van der Waals surface area contributed by atoms with Crippen LogP contribution in [0, 0.1) is 11.3 Å². The third kappa shape index (κ3) is 6.72. The van der Waals surface area contributed by atoms with Gasteiger partial charge in [-0.1, -0.05) is 18.2 Å². The van der Waals surface area contributed by atoms with Gasteiger partial charge in [-0.2, -0.15) is 5.26 Å². The van der Waals surface area contributed by atoms with E-state index in [-0.39, 0.29) is 5.57 Å². The van der Waals surface area contributed by atoms with Crippen molar-refractivity contribution in [1.29, 1.82) is 5.26 Å². The van der Waals surface area contributed by atoms with E-state index in [9.17, 15) is 10.1 Å². The lowest BCUT2D eigenvalue weighted by molar-refractivity contribution is -0.112. The number of hydrogen-bond acceptors (Lipinski definition) is 8. The Morgan fingerprint density at radius 2 is 1.76 bits per heavy atom. The van der Waals surface area contributed by atoms with Gasteiger partial charge in [-0.05, 0) is 35.9 Å². The van der Waals surface area contributed by atoms with Crippen LogP contribution in [0.1, 0.15) is 12.0 Å². The fourth-order valence-corrected chi connectivity index (χ4v) is 3.34. The molecule has 0 spiro atoms. The number of carbonyl (C=O) groups is 1. The van der Waals surface area contributed by atoms with Crippen LogP contribution in [0.3, 0.4) is 0 Å². The number of amides is 1. The van der Waals surface area contributed by atoms with E-state index >= 15 is 0 Å². The lowest BCUT2D eigenvalue weighted by Crippen LogP contribution is -2.13. The SMILES string of the molecule is COc1ccccc1OCCCOc1ccc(C=C(C#N)C(=O)Nc2nccs2)cc1OC. The Kier molecular flexibility index (Phi) is 8.68. The highest BCUT2D eigenvalue weighted by Gasteiger charge is 2.12. The van der Waals surface area contributed by atoms with Gasteiger partial charge in [-0.3, -0.25) is 10.1 Å². The average molecular weight is 466 g/mol. The van der Waals surface area contributed by atoms with Gasteiger partial charge in [-0.15, -0.1) is 11.3 Å². The molecule has 2 aromatic carbocycles. The summed E-state index contributed by atoms with van der Waals surface area (Å²) < 4.78 is 22.2. The van der Waals surface area contributed by atoms with Crippen molar-refractivity contribution in [2.45, 2.75) is 6.42 Å². The molecule has 0 unspecified atom stereocenters. The molecule has 3 rings (SSSR count). The molecule has 8 nitrogen and oxygen atoms in total. The summed E-state index contributed by atoms with van der Waals surface area (Å²) in [5, 5.41) is 14.1. The summed E-state index contributed by atoms with van der Waals surface area (Å²) >= 11 is 1.27. The van der Waals surface area contributed by atoms with Crippen molar-refractivity contribution in [3.05, 3.63) is 65.2 Å². The van der Waals surface area contributed by atoms with Crippen LogP contribution in [0.15, 0.2) is 59.6 Å². The number of aromatic nitrogens is 1. The smallest absolute Gasteiger partial charge is 0.268 e. The average Bonchev–Trinajstić information content (AvgIpc) is 3.36. The zero-order valence-electron chi connectivity index (χ0n) is 18.2. The number of methoxy groups -OCH3 is 2. The lowest BCUT2D eigenvalue weighted by Gasteiger charge is -2.13. The van der Waals surface area contributed by atoms with Crippen molar-refractivity contribution in [2.75, 3.05) is 32.8 Å². The zero-order chi connectivity index (χ0) is 23.5. The summed E-state index contributed by atoms with van der Waals surface area (Å²) in [5.74, 6) is 1.88. The van der Waals surface area contributed by atoms with Gasteiger partial charge in [0, 0.05) is 18.0 Å². The molecule has 0 aliphatic rings. The molecule has 0 saturated carbocycles. The van der Waals surface area contributed by atoms with Gasteiger partial charge >= 0.3 is 0 Å². The highest BCUT2D eigenvalue weighted by Crippen LogP contribution is 2.29. The first-order chi connectivity index (χ1) is 16.1. The first-order valence-electron chi connectivity index (χ1n) is 10.0. The summed E-state index contributed by atoms with van der Waals surface area (Å²) in [7, 11) is 3.13. The van der Waals surface area contributed by atoms with Crippen LogP contribution < -0.4 is 24.3 Å². The molecule has 0 aliphatic heterocycles. The second kappa shape index (κ2) is 12.1. The normalized spacial score (nSPS) is 10.8. The van der Waals surface area contributed by atoms with Crippen molar-refractivity contribution in [3.63, 3.8) is 0 Å². The summed E-state index contributed by atoms with van der Waals surface area (Å²) in [5.41, 5.74) is 0.582. The number of ether oxygens (including phenoxy) is 4. The summed E-state index contributed by atoms with van der Waals surface area (Å²) in [6.45, 7) is 0.879. The first kappa shape index (κ1) is 23.6. The number of carbonyl (C=O) groups excluding carboxylic acids is 1. The van der Waals surface area contributed by atoms with Crippen molar-refractivity contribution in [1.82, 2.24) is 4.98 Å². The van der Waals surface area contributed by atoms with Gasteiger partial charge in [0.1, 0.15) is 11.6 Å². The Hall–Kier alpha value is -4.03. The molecule has 1 N–H and O–H groups in total. The maximum absolute atomic E-state index is 12.3. The van der Waals surface area contributed by atoms with E-state index in [1.807, 2.05) is 30.3 Å². The second-order valence-electron chi connectivity index (χ2n) is 6.57. The van der Waals surface area contributed by atoms with Crippen LogP contribution in [-0.2, 0) is 4.79 Å². The number of nitriles is 1. The Labute approximate surface area is 196 Å². The molecule has 1 aromatic heterocycles. The number of benzene rings is 2. The van der Waals surface area contributed by atoms with Gasteiger partial charge in [0.25, 0.3) is 5.91 Å². The Balaban J connectivity index is 1.57. The maximum atomic E-state index is 12.3. The first-order valence-corrected chi connectivity index (χ1v) is 10.9. The predicted octanol–water partition coefficient (Wildman–Crippen LogP) is 4.55. The molecule has 0 aliphatic carbocycles. The summed E-state index contributed by atoms with van der Waals surface area (Å²) in [4.78, 5) is 16.3. The number of thiazole rings is 1. The fourth-order valence-electron chi connectivity index (χ4n) is 2.82. The highest BCUT2D eigenvalue weighted by molar-refractivity contribution is 7.13. The molecule has 3 aromatic rings. The number of nitrogens with zero attached hydrogens (tertiary/aromatic N) is 2. The van der Waals surface area contributed by atoms with E-state index < -0.39 is 5.91 Å². The molecule has 1 amide bonds. The van der Waals surface area contributed by atoms with E-state index in [1.165, 1.54) is 24.5 Å². The molecule has 9 heteroatoms. The molecule has 0 fully saturated rings. The van der Waals surface area contributed by atoms with Crippen molar-refractivity contribution in [3.8, 4) is 29.1 Å². The van der Waals surface area contributed by atoms with Crippen molar-refractivity contribution < 1.29 is 23.7 Å². The number of hydrogen-bond donors (Lipinski definition) is 1. The van der Waals surface area contributed by atoms with Crippen molar-refractivity contribution in [2.24, 2.45) is 0 Å². The van der Waals surface area contributed by atoms with Crippen LogP contribution in [0.4, 0.5) is 5.13 Å². The van der Waals surface area contributed by atoms with Crippen LogP contribution in [0.5, 0.6) is 23.0 Å². The lowest BCUT2D eigenvalue weighted by atomic mass is 10.1. The van der Waals surface area contributed by atoms with E-state index in [0.717, 1.165) is 0 Å². The van der Waals surface area contributed by atoms with E-state index in [2.05, 4.69) is 10.3 Å². The molecule has 170 valence electrons. The number of rotatable bonds is 11. The molecule has 33 heavy (non-hydrogen) atoms. The van der Waals surface area contributed by atoms with Crippen molar-refractivity contribution >= 4 is 28.5 Å². The Morgan fingerprint density at radius 1 is 1.06 bits per heavy atom. The molecular weight excluding hydrogens is 442 g/mol. The summed E-state index contributed by atoms with van der Waals surface area (Å²) in [6, 6.07) is 14.6. The van der Waals surface area contributed by atoms with Crippen LogP contribution >= 0.6 is 11.3 Å². The minimum absolute atomic E-state index is 0.0468. The van der Waals surface area contributed by atoms with E-state index in [4.69, 9.17) is 18.9 Å².